The average Bonchev–Trinajstić information content (AvgIpc) is 3.61. The molecule has 3 saturated heterocycles. The third kappa shape index (κ3) is 12.4. The second kappa shape index (κ2) is 23.1. The molecule has 0 spiro atoms. The van der Waals surface area contributed by atoms with Gasteiger partial charge in [-0.05, 0) is 54.5 Å². The van der Waals surface area contributed by atoms with Gasteiger partial charge in [0.05, 0.1) is 43.0 Å². The van der Waals surface area contributed by atoms with Crippen LogP contribution in [0.25, 0.3) is 0 Å². The summed E-state index contributed by atoms with van der Waals surface area (Å²) in [7, 11) is 0. The molecule has 3 aliphatic rings. The summed E-state index contributed by atoms with van der Waals surface area (Å²) in [6.07, 6.45) is -9.89. The second-order valence-corrected chi connectivity index (χ2v) is 17.5. The van der Waals surface area contributed by atoms with Crippen LogP contribution in [0.1, 0.15) is 94.0 Å². The maximum Gasteiger partial charge on any atom is 0.338 e. The third-order valence-electron chi connectivity index (χ3n) is 12.9. The van der Waals surface area contributed by atoms with Crippen molar-refractivity contribution >= 4 is 23.7 Å². The third-order valence-corrected chi connectivity index (χ3v) is 12.9. The Kier molecular flexibility index (Phi) is 17.6. The molecule has 14 heteroatoms. The van der Waals surface area contributed by atoms with Crippen LogP contribution >= 0.6 is 0 Å². The minimum absolute atomic E-state index is 0.0365. The van der Waals surface area contributed by atoms with Crippen LogP contribution in [0, 0.1) is 29.6 Å². The topological polar surface area (TPSA) is 172 Å². The van der Waals surface area contributed by atoms with Crippen LogP contribution in [-0.4, -0.2) is 104 Å². The quantitative estimate of drug-likeness (QED) is 0.0955. The van der Waals surface area contributed by atoms with E-state index in [1.807, 2.05) is 51.1 Å². The van der Waals surface area contributed by atoms with Crippen molar-refractivity contribution in [3.63, 3.8) is 0 Å². The fourth-order valence-electron chi connectivity index (χ4n) is 8.38. The van der Waals surface area contributed by atoms with Crippen LogP contribution in [0.15, 0.2) is 91.0 Å². The van der Waals surface area contributed by atoms with Gasteiger partial charge in [0.25, 0.3) is 0 Å². The highest BCUT2D eigenvalue weighted by atomic mass is 16.8. The summed E-state index contributed by atoms with van der Waals surface area (Å²) in [6.45, 7) is 13.7. The molecular formula is C50H64O14. The zero-order valence-electron chi connectivity index (χ0n) is 37.8. The average molecular weight is 889 g/mol. The minimum Gasteiger partial charge on any atom is -0.459 e. The normalized spacial score (nSPS) is 32.0. The molecule has 3 aromatic rings. The fourth-order valence-corrected chi connectivity index (χ4v) is 8.38. The van der Waals surface area contributed by atoms with Crippen LogP contribution in [0.3, 0.4) is 0 Å². The van der Waals surface area contributed by atoms with Gasteiger partial charge in [-0.15, -0.1) is 0 Å². The Morgan fingerprint density at radius 3 is 1.83 bits per heavy atom. The number of Topliss-reactive ketones (excluding diaryl/α,β-unsaturated/α-hetero) is 1. The SMILES string of the molecule is CC[C@@H](C)[C@@H]1OC(O)[C@@H](OC(=O)c2ccccc2)C1O[C@H]1OC(COC(=O)c2ccccc2)[C@H](O[C@H]2OC(COCc3ccccc3)[C@H](C)[C@H](C)C2C)[C@H](OC(=O)CCC(C)=O)C1C. The summed E-state index contributed by atoms with van der Waals surface area (Å²) >= 11 is 0. The molecule has 3 aromatic carbocycles. The van der Waals surface area contributed by atoms with Crippen LogP contribution < -0.4 is 0 Å². The Balaban J connectivity index is 1.31. The Labute approximate surface area is 376 Å². The number of benzene rings is 3. The number of esters is 3. The molecular weight excluding hydrogens is 825 g/mol. The molecule has 348 valence electrons. The number of aliphatic hydroxyl groups excluding tert-OH is 1. The van der Waals surface area contributed by atoms with E-state index in [-0.39, 0.29) is 60.6 Å². The zero-order valence-corrected chi connectivity index (χ0v) is 37.8. The van der Waals surface area contributed by atoms with E-state index < -0.39 is 79.3 Å². The molecule has 3 aliphatic heterocycles. The number of hydrogen-bond acceptors (Lipinski definition) is 14. The summed E-state index contributed by atoms with van der Waals surface area (Å²) in [6, 6.07) is 26.7. The van der Waals surface area contributed by atoms with Crippen LogP contribution in [0.2, 0.25) is 0 Å². The standard InChI is InChI=1S/C50H64O14/c1-8-29(2)41-44(45(48(55)61-41)62-47(54)37-22-16-11-17-23-37)64-50-34(7)42(60-40(52)25-24-30(3)51)43(39(59-50)28-57-46(53)36-20-14-10-15-21-36)63-49-33(6)31(4)32(5)38(58-49)27-56-26-35-18-12-9-13-19-35/h9-23,29,31-34,38-39,41-45,48-50,55H,8,24-28H2,1-7H3/t29-,31+,32-,33?,34?,38?,39?,41+,42-,43+,44?,45+,48?,49-,50-/m1/s1. The van der Waals surface area contributed by atoms with E-state index >= 15 is 0 Å². The van der Waals surface area contributed by atoms with E-state index in [9.17, 15) is 24.3 Å². The maximum absolute atomic E-state index is 13.6. The molecule has 3 fully saturated rings. The summed E-state index contributed by atoms with van der Waals surface area (Å²) in [5, 5.41) is 11.3. The van der Waals surface area contributed by atoms with Gasteiger partial charge in [-0.3, -0.25) is 4.79 Å². The number of aliphatic hydroxyl groups is 1. The second-order valence-electron chi connectivity index (χ2n) is 17.5. The summed E-state index contributed by atoms with van der Waals surface area (Å²) in [4.78, 5) is 52.5. The number of ether oxygens (including phenoxy) is 9. The van der Waals surface area contributed by atoms with Gasteiger partial charge in [0.15, 0.2) is 25.0 Å². The molecule has 0 amide bonds. The fraction of sp³-hybridized carbons (Fsp3) is 0.560. The highest BCUT2D eigenvalue weighted by Gasteiger charge is 2.55. The molecule has 6 unspecified atom stereocenters. The van der Waals surface area contributed by atoms with E-state index in [0.717, 1.165) is 5.56 Å². The summed E-state index contributed by atoms with van der Waals surface area (Å²) in [5.41, 5.74) is 1.61. The molecule has 0 radical (unpaired) electrons. The van der Waals surface area contributed by atoms with Crippen LogP contribution in [0.5, 0.6) is 0 Å². The van der Waals surface area contributed by atoms with Gasteiger partial charge in [0.2, 0.25) is 0 Å². The van der Waals surface area contributed by atoms with Gasteiger partial charge in [0.1, 0.15) is 36.8 Å². The molecule has 14 nitrogen and oxygen atoms in total. The number of rotatable bonds is 19. The van der Waals surface area contributed by atoms with Gasteiger partial charge < -0.3 is 52.5 Å². The van der Waals surface area contributed by atoms with Crippen molar-refractivity contribution in [3.8, 4) is 0 Å². The summed E-state index contributed by atoms with van der Waals surface area (Å²) in [5.74, 6) is -3.04. The molecule has 15 atom stereocenters. The van der Waals surface area contributed by atoms with Gasteiger partial charge in [-0.25, -0.2) is 9.59 Å². The van der Waals surface area contributed by atoms with Gasteiger partial charge >= 0.3 is 17.9 Å². The minimum atomic E-state index is -1.53. The molecule has 3 heterocycles. The number of ketones is 1. The first kappa shape index (κ1) is 48.9. The number of carbonyl (C=O) groups is 4. The van der Waals surface area contributed by atoms with E-state index in [1.54, 1.807) is 67.6 Å². The van der Waals surface area contributed by atoms with E-state index in [1.165, 1.54) is 6.92 Å². The smallest absolute Gasteiger partial charge is 0.338 e. The van der Waals surface area contributed by atoms with E-state index in [2.05, 4.69) is 13.8 Å². The molecule has 0 aromatic heterocycles. The van der Waals surface area contributed by atoms with Crippen molar-refractivity contribution in [2.75, 3.05) is 13.2 Å². The number of hydrogen-bond donors (Lipinski definition) is 1. The highest BCUT2D eigenvalue weighted by molar-refractivity contribution is 5.90. The first-order chi connectivity index (χ1) is 30.7. The first-order valence-corrected chi connectivity index (χ1v) is 22.5. The van der Waals surface area contributed by atoms with Crippen molar-refractivity contribution in [3.05, 3.63) is 108 Å². The molecule has 0 aliphatic carbocycles. The van der Waals surface area contributed by atoms with Gasteiger partial charge in [0, 0.05) is 18.3 Å². The van der Waals surface area contributed by atoms with E-state index in [4.69, 9.17) is 42.6 Å². The molecule has 64 heavy (non-hydrogen) atoms. The van der Waals surface area contributed by atoms with E-state index in [0.29, 0.717) is 25.2 Å². The Morgan fingerprint density at radius 2 is 1.20 bits per heavy atom. The number of carbonyl (C=O) groups excluding carboxylic acids is 4. The van der Waals surface area contributed by atoms with Crippen molar-refractivity contribution in [1.82, 2.24) is 0 Å². The van der Waals surface area contributed by atoms with Crippen molar-refractivity contribution in [2.45, 2.75) is 136 Å². The molecule has 6 rings (SSSR count). The highest BCUT2D eigenvalue weighted by Crippen LogP contribution is 2.41. The predicted molar refractivity (Wildman–Crippen MR) is 232 cm³/mol. The molecule has 1 N–H and O–H groups in total. The lowest BCUT2D eigenvalue weighted by molar-refractivity contribution is -0.345. The van der Waals surface area contributed by atoms with Crippen LogP contribution in [0.4, 0.5) is 0 Å². The first-order valence-electron chi connectivity index (χ1n) is 22.5. The largest absolute Gasteiger partial charge is 0.459 e. The monoisotopic (exact) mass is 888 g/mol. The molecule has 0 bridgehead atoms. The maximum atomic E-state index is 13.6. The lowest BCUT2D eigenvalue weighted by atomic mass is 9.79. The van der Waals surface area contributed by atoms with Crippen LogP contribution in [-0.2, 0) is 58.8 Å². The Hall–Kier alpha value is -4.54. The van der Waals surface area contributed by atoms with Crippen molar-refractivity contribution in [2.24, 2.45) is 29.6 Å². The van der Waals surface area contributed by atoms with Crippen molar-refractivity contribution in [1.29, 1.82) is 0 Å². The van der Waals surface area contributed by atoms with Gasteiger partial charge in [-0.2, -0.15) is 0 Å². The summed E-state index contributed by atoms with van der Waals surface area (Å²) < 4.78 is 57.4. The predicted octanol–water partition coefficient (Wildman–Crippen LogP) is 7.09. The lowest BCUT2D eigenvalue weighted by Crippen LogP contribution is -2.61. The Bertz CT molecular complexity index is 1950. The lowest BCUT2D eigenvalue weighted by Gasteiger charge is -2.49. The zero-order chi connectivity index (χ0) is 45.9. The van der Waals surface area contributed by atoms with Crippen molar-refractivity contribution < 1.29 is 66.9 Å². The Morgan fingerprint density at radius 1 is 0.625 bits per heavy atom. The molecule has 0 saturated carbocycles. The van der Waals surface area contributed by atoms with Gasteiger partial charge in [-0.1, -0.05) is 115 Å².